The first-order valence-electron chi connectivity index (χ1n) is 6.28. The summed E-state index contributed by atoms with van der Waals surface area (Å²) in [5.41, 5.74) is 0.369. The number of hydrogen-bond acceptors (Lipinski definition) is 2. The molecule has 0 spiro atoms. The molecule has 19 heavy (non-hydrogen) atoms. The van der Waals surface area contributed by atoms with Crippen LogP contribution >= 0.6 is 0 Å². The van der Waals surface area contributed by atoms with Crippen LogP contribution in [0.3, 0.4) is 0 Å². The minimum Gasteiger partial charge on any atom is -0.481 e. The lowest BCUT2D eigenvalue weighted by atomic mass is 9.88. The second-order valence-electron chi connectivity index (χ2n) is 5.23. The maximum atomic E-state index is 14.1. The predicted octanol–water partition coefficient (Wildman–Crippen LogP) is 3.00. The van der Waals surface area contributed by atoms with Crippen molar-refractivity contribution >= 4 is 11.7 Å². The van der Waals surface area contributed by atoms with Gasteiger partial charge >= 0.3 is 5.97 Å². The number of halogens is 2. The number of carboxylic acids is 1. The van der Waals surface area contributed by atoms with Crippen LogP contribution in [0.15, 0.2) is 12.1 Å². The number of carbonyl (C=O) groups is 1. The first kappa shape index (κ1) is 13.8. The maximum absolute atomic E-state index is 14.1. The Kier molecular flexibility index (Phi) is 3.73. The van der Waals surface area contributed by atoms with Gasteiger partial charge in [0.15, 0.2) is 0 Å². The fourth-order valence-electron chi connectivity index (χ4n) is 2.56. The average Bonchev–Trinajstić information content (AvgIpc) is 3.12. The van der Waals surface area contributed by atoms with E-state index in [-0.39, 0.29) is 23.6 Å². The summed E-state index contributed by atoms with van der Waals surface area (Å²) < 4.78 is 28.0. The SMILES string of the molecule is CN(C)c1c(F)ccc(F)c1C(CC(=O)O)C1CC1. The number of nitrogens with zero attached hydrogens (tertiary/aromatic N) is 1. The predicted molar refractivity (Wildman–Crippen MR) is 68.4 cm³/mol. The van der Waals surface area contributed by atoms with Gasteiger partial charge in [0.2, 0.25) is 0 Å². The summed E-state index contributed by atoms with van der Waals surface area (Å²) in [5.74, 6) is -2.33. The number of anilines is 1. The Morgan fingerprint density at radius 2 is 1.95 bits per heavy atom. The molecule has 1 N–H and O–H groups in total. The summed E-state index contributed by atoms with van der Waals surface area (Å²) in [7, 11) is 3.26. The van der Waals surface area contributed by atoms with Crippen LogP contribution in [0.1, 0.15) is 30.7 Å². The zero-order valence-electron chi connectivity index (χ0n) is 11.0. The minimum atomic E-state index is -0.981. The van der Waals surface area contributed by atoms with Crippen molar-refractivity contribution in [3.05, 3.63) is 29.3 Å². The van der Waals surface area contributed by atoms with Crippen molar-refractivity contribution in [2.75, 3.05) is 19.0 Å². The summed E-state index contributed by atoms with van der Waals surface area (Å²) >= 11 is 0. The molecule has 1 atom stereocenters. The number of benzene rings is 1. The lowest BCUT2D eigenvalue weighted by Gasteiger charge is -2.24. The fraction of sp³-hybridized carbons (Fsp3) is 0.500. The van der Waals surface area contributed by atoms with E-state index in [1.165, 1.54) is 4.90 Å². The van der Waals surface area contributed by atoms with Gasteiger partial charge < -0.3 is 10.0 Å². The third kappa shape index (κ3) is 2.85. The van der Waals surface area contributed by atoms with Crippen molar-refractivity contribution in [3.63, 3.8) is 0 Å². The van der Waals surface area contributed by atoms with E-state index in [1.54, 1.807) is 14.1 Å². The monoisotopic (exact) mass is 269 g/mol. The molecule has 3 nitrogen and oxygen atoms in total. The van der Waals surface area contributed by atoms with E-state index in [1.807, 2.05) is 0 Å². The minimum absolute atomic E-state index is 0.145. The highest BCUT2D eigenvalue weighted by atomic mass is 19.1. The Labute approximate surface area is 110 Å². The van der Waals surface area contributed by atoms with E-state index in [0.717, 1.165) is 25.0 Å². The number of aliphatic carboxylic acids is 1. The molecule has 5 heteroatoms. The molecule has 0 amide bonds. The Morgan fingerprint density at radius 3 is 2.42 bits per heavy atom. The standard InChI is InChI=1S/C14H17F2NO2/c1-17(2)14-11(16)6-5-10(15)13(14)9(7-12(18)19)8-3-4-8/h5-6,8-9H,3-4,7H2,1-2H3,(H,18,19). The van der Waals surface area contributed by atoms with Crippen LogP contribution in [0, 0.1) is 17.6 Å². The van der Waals surface area contributed by atoms with Gasteiger partial charge in [-0.05, 0) is 30.9 Å². The molecule has 0 aromatic heterocycles. The molecule has 104 valence electrons. The molecule has 0 bridgehead atoms. The molecule has 1 fully saturated rings. The fourth-order valence-corrected chi connectivity index (χ4v) is 2.56. The zero-order chi connectivity index (χ0) is 14.2. The molecule has 0 radical (unpaired) electrons. The topological polar surface area (TPSA) is 40.5 Å². The largest absolute Gasteiger partial charge is 0.481 e. The molecule has 1 aromatic carbocycles. The molecule has 0 heterocycles. The van der Waals surface area contributed by atoms with Crippen LogP contribution in [0.5, 0.6) is 0 Å². The van der Waals surface area contributed by atoms with E-state index in [4.69, 9.17) is 5.11 Å². The van der Waals surface area contributed by atoms with Gasteiger partial charge in [-0.25, -0.2) is 8.78 Å². The van der Waals surface area contributed by atoms with Crippen molar-refractivity contribution in [2.45, 2.75) is 25.2 Å². The van der Waals surface area contributed by atoms with Gasteiger partial charge in [-0.3, -0.25) is 4.79 Å². The third-order valence-electron chi connectivity index (χ3n) is 3.52. The molecule has 1 unspecified atom stereocenters. The highest BCUT2D eigenvalue weighted by Gasteiger charge is 2.37. The molecule has 1 aromatic rings. The summed E-state index contributed by atoms with van der Waals surface area (Å²) in [5, 5.41) is 8.98. The molecule has 0 saturated heterocycles. The van der Waals surface area contributed by atoms with Gasteiger partial charge in [-0.2, -0.15) is 0 Å². The van der Waals surface area contributed by atoms with Crippen LogP contribution in [0.2, 0.25) is 0 Å². The lowest BCUT2D eigenvalue weighted by Crippen LogP contribution is -2.19. The molecule has 0 aliphatic heterocycles. The van der Waals surface area contributed by atoms with Crippen molar-refractivity contribution in [3.8, 4) is 0 Å². The van der Waals surface area contributed by atoms with Crippen LogP contribution in [-0.4, -0.2) is 25.2 Å². The summed E-state index contributed by atoms with van der Waals surface area (Å²) in [6, 6.07) is 2.16. The Hall–Kier alpha value is -1.65. The number of hydrogen-bond donors (Lipinski definition) is 1. The Balaban J connectivity index is 2.51. The second kappa shape index (κ2) is 5.15. The van der Waals surface area contributed by atoms with Gasteiger partial charge in [0.25, 0.3) is 0 Å². The second-order valence-corrected chi connectivity index (χ2v) is 5.23. The van der Waals surface area contributed by atoms with Gasteiger partial charge in [0, 0.05) is 25.6 Å². The van der Waals surface area contributed by atoms with Crippen LogP contribution in [0.25, 0.3) is 0 Å². The van der Waals surface area contributed by atoms with E-state index in [9.17, 15) is 13.6 Å². The zero-order valence-corrected chi connectivity index (χ0v) is 11.0. The molecular weight excluding hydrogens is 252 g/mol. The summed E-state index contributed by atoms with van der Waals surface area (Å²) in [6.07, 6.45) is 1.59. The molecule has 1 saturated carbocycles. The molecule has 1 aliphatic rings. The van der Waals surface area contributed by atoms with Crippen LogP contribution in [0.4, 0.5) is 14.5 Å². The van der Waals surface area contributed by atoms with Crippen molar-refractivity contribution in [1.29, 1.82) is 0 Å². The Bertz CT molecular complexity index is 498. The summed E-state index contributed by atoms with van der Waals surface area (Å²) in [6.45, 7) is 0. The van der Waals surface area contributed by atoms with Gasteiger partial charge in [-0.1, -0.05) is 0 Å². The van der Waals surface area contributed by atoms with Gasteiger partial charge in [-0.15, -0.1) is 0 Å². The molecular formula is C14H17F2NO2. The summed E-state index contributed by atoms with van der Waals surface area (Å²) in [4.78, 5) is 12.5. The number of rotatable bonds is 5. The molecule has 1 aliphatic carbocycles. The maximum Gasteiger partial charge on any atom is 0.303 e. The van der Waals surface area contributed by atoms with Crippen LogP contribution < -0.4 is 4.90 Å². The highest BCUT2D eigenvalue weighted by Crippen LogP contribution is 2.48. The van der Waals surface area contributed by atoms with E-state index in [2.05, 4.69) is 0 Å². The quantitative estimate of drug-likeness (QED) is 0.893. The van der Waals surface area contributed by atoms with Gasteiger partial charge in [0.05, 0.1) is 12.1 Å². The van der Waals surface area contributed by atoms with Crippen molar-refractivity contribution in [2.24, 2.45) is 5.92 Å². The lowest BCUT2D eigenvalue weighted by molar-refractivity contribution is -0.137. The Morgan fingerprint density at radius 1 is 1.37 bits per heavy atom. The number of carboxylic acid groups (broad SMARTS) is 1. The average molecular weight is 269 g/mol. The van der Waals surface area contributed by atoms with E-state index in [0.29, 0.717) is 0 Å². The van der Waals surface area contributed by atoms with Gasteiger partial charge in [0.1, 0.15) is 11.6 Å². The third-order valence-corrected chi connectivity index (χ3v) is 3.52. The van der Waals surface area contributed by atoms with Crippen molar-refractivity contribution < 1.29 is 18.7 Å². The van der Waals surface area contributed by atoms with E-state index < -0.39 is 23.5 Å². The first-order valence-corrected chi connectivity index (χ1v) is 6.28. The van der Waals surface area contributed by atoms with Crippen molar-refractivity contribution in [1.82, 2.24) is 0 Å². The first-order chi connectivity index (χ1) is 8.91. The highest BCUT2D eigenvalue weighted by molar-refractivity contribution is 5.69. The molecule has 2 rings (SSSR count). The smallest absolute Gasteiger partial charge is 0.303 e. The normalized spacial score (nSPS) is 16.2. The van der Waals surface area contributed by atoms with Crippen LogP contribution in [-0.2, 0) is 4.79 Å². The van der Waals surface area contributed by atoms with E-state index >= 15 is 0 Å².